The van der Waals surface area contributed by atoms with Gasteiger partial charge in [-0.05, 0) is 19.9 Å². The Balaban J connectivity index is 2.98. The fourth-order valence-electron chi connectivity index (χ4n) is 1.17. The van der Waals surface area contributed by atoms with Crippen LogP contribution in [0.2, 0.25) is 0 Å². The molecule has 1 aromatic rings. The van der Waals surface area contributed by atoms with Crippen LogP contribution in [0.5, 0.6) is 0 Å². The third-order valence-corrected chi connectivity index (χ3v) is 1.89. The molecule has 1 heterocycles. The zero-order chi connectivity index (χ0) is 10.7. The SMILES string of the molecule is CCOC(=O)c1cc(C(C)=O)[nH]c1C. The van der Waals surface area contributed by atoms with Crippen molar-refractivity contribution in [3.63, 3.8) is 0 Å². The number of hydrogen-bond acceptors (Lipinski definition) is 3. The van der Waals surface area contributed by atoms with Gasteiger partial charge < -0.3 is 9.72 Å². The molecule has 1 N–H and O–H groups in total. The number of H-pyrrole nitrogens is 1. The van der Waals surface area contributed by atoms with Gasteiger partial charge in [0.1, 0.15) is 0 Å². The van der Waals surface area contributed by atoms with E-state index in [0.29, 0.717) is 23.6 Å². The lowest BCUT2D eigenvalue weighted by Crippen LogP contribution is -2.04. The van der Waals surface area contributed by atoms with E-state index in [9.17, 15) is 9.59 Å². The molecule has 4 heteroatoms. The molecule has 0 aliphatic carbocycles. The van der Waals surface area contributed by atoms with Crippen LogP contribution >= 0.6 is 0 Å². The number of aromatic amines is 1. The summed E-state index contributed by atoms with van der Waals surface area (Å²) < 4.78 is 4.83. The van der Waals surface area contributed by atoms with Crippen LogP contribution < -0.4 is 0 Å². The normalized spacial score (nSPS) is 9.93. The summed E-state index contributed by atoms with van der Waals surface area (Å²) in [6, 6.07) is 1.52. The second kappa shape index (κ2) is 4.09. The van der Waals surface area contributed by atoms with E-state index in [0.717, 1.165) is 0 Å². The molecule has 4 nitrogen and oxygen atoms in total. The molecule has 0 fully saturated rings. The van der Waals surface area contributed by atoms with E-state index in [1.54, 1.807) is 13.8 Å². The highest BCUT2D eigenvalue weighted by Crippen LogP contribution is 2.11. The van der Waals surface area contributed by atoms with Gasteiger partial charge in [-0.25, -0.2) is 4.79 Å². The first kappa shape index (κ1) is 10.5. The third kappa shape index (κ3) is 2.02. The zero-order valence-electron chi connectivity index (χ0n) is 8.51. The highest BCUT2D eigenvalue weighted by molar-refractivity contribution is 5.97. The maximum Gasteiger partial charge on any atom is 0.339 e. The summed E-state index contributed by atoms with van der Waals surface area (Å²) in [5.74, 6) is -0.489. The van der Waals surface area contributed by atoms with Gasteiger partial charge in [0.05, 0.1) is 17.9 Å². The minimum absolute atomic E-state index is 0.0938. The summed E-state index contributed by atoms with van der Waals surface area (Å²) in [4.78, 5) is 25.2. The Morgan fingerprint density at radius 1 is 1.50 bits per heavy atom. The number of hydrogen-bond donors (Lipinski definition) is 1. The number of carbonyl (C=O) groups excluding carboxylic acids is 2. The van der Waals surface area contributed by atoms with Crippen molar-refractivity contribution in [3.8, 4) is 0 Å². The molecule has 1 aromatic heterocycles. The smallest absolute Gasteiger partial charge is 0.339 e. The molecule has 0 radical (unpaired) electrons. The van der Waals surface area contributed by atoms with Crippen LogP contribution in [0.3, 0.4) is 0 Å². The van der Waals surface area contributed by atoms with Crippen molar-refractivity contribution in [1.29, 1.82) is 0 Å². The number of rotatable bonds is 3. The molecule has 0 aliphatic rings. The zero-order valence-corrected chi connectivity index (χ0v) is 8.51. The first-order valence-corrected chi connectivity index (χ1v) is 4.44. The second-order valence-electron chi connectivity index (χ2n) is 3.00. The van der Waals surface area contributed by atoms with Gasteiger partial charge in [0.15, 0.2) is 5.78 Å². The molecule has 0 amide bonds. The minimum atomic E-state index is -0.395. The maximum atomic E-state index is 11.3. The highest BCUT2D eigenvalue weighted by Gasteiger charge is 2.14. The quantitative estimate of drug-likeness (QED) is 0.590. The molecule has 0 aliphatic heterocycles. The van der Waals surface area contributed by atoms with E-state index in [4.69, 9.17) is 4.74 Å². The van der Waals surface area contributed by atoms with Crippen LogP contribution in [0.4, 0.5) is 0 Å². The summed E-state index contributed by atoms with van der Waals surface area (Å²) >= 11 is 0. The van der Waals surface area contributed by atoms with E-state index in [-0.39, 0.29) is 5.78 Å². The van der Waals surface area contributed by atoms with Crippen molar-refractivity contribution >= 4 is 11.8 Å². The van der Waals surface area contributed by atoms with Crippen molar-refractivity contribution < 1.29 is 14.3 Å². The molecular formula is C10H13NO3. The largest absolute Gasteiger partial charge is 0.462 e. The fraction of sp³-hybridized carbons (Fsp3) is 0.400. The number of ketones is 1. The van der Waals surface area contributed by atoms with Crippen molar-refractivity contribution in [3.05, 3.63) is 23.0 Å². The monoisotopic (exact) mass is 195 g/mol. The van der Waals surface area contributed by atoms with Crippen LogP contribution in [0.1, 0.15) is 40.4 Å². The first-order chi connectivity index (χ1) is 6.56. The lowest BCUT2D eigenvalue weighted by atomic mass is 10.2. The Bertz CT molecular complexity index is 365. The van der Waals surface area contributed by atoms with Crippen molar-refractivity contribution in [2.45, 2.75) is 20.8 Å². The van der Waals surface area contributed by atoms with Crippen molar-refractivity contribution in [1.82, 2.24) is 4.98 Å². The van der Waals surface area contributed by atoms with Crippen LogP contribution in [0, 0.1) is 6.92 Å². The lowest BCUT2D eigenvalue weighted by Gasteiger charge is -1.98. The van der Waals surface area contributed by atoms with E-state index in [1.807, 2.05) is 0 Å². The molecule has 0 bridgehead atoms. The van der Waals surface area contributed by atoms with Crippen LogP contribution in [0.25, 0.3) is 0 Å². The Labute approximate surface area is 82.3 Å². The molecule has 0 aromatic carbocycles. The van der Waals surface area contributed by atoms with E-state index >= 15 is 0 Å². The van der Waals surface area contributed by atoms with Crippen LogP contribution in [-0.4, -0.2) is 23.3 Å². The molecule has 76 valence electrons. The summed E-state index contributed by atoms with van der Waals surface area (Å²) in [7, 11) is 0. The standard InChI is InChI=1S/C10H13NO3/c1-4-14-10(13)8-5-9(7(3)12)11-6(8)2/h5,11H,4H2,1-3H3. The van der Waals surface area contributed by atoms with Gasteiger partial charge >= 0.3 is 5.97 Å². The molecule has 0 saturated carbocycles. The number of aryl methyl sites for hydroxylation is 1. The molecule has 0 saturated heterocycles. The van der Waals surface area contributed by atoms with Crippen molar-refractivity contribution in [2.75, 3.05) is 6.61 Å². The first-order valence-electron chi connectivity index (χ1n) is 4.44. The van der Waals surface area contributed by atoms with Crippen LogP contribution in [-0.2, 0) is 4.74 Å². The highest BCUT2D eigenvalue weighted by atomic mass is 16.5. The summed E-state index contributed by atoms with van der Waals surface area (Å²) in [6.45, 7) is 5.25. The Morgan fingerprint density at radius 2 is 2.14 bits per heavy atom. The molecule has 0 spiro atoms. The van der Waals surface area contributed by atoms with Gasteiger partial charge in [-0.1, -0.05) is 0 Å². The lowest BCUT2D eigenvalue weighted by molar-refractivity contribution is 0.0525. The average Bonchev–Trinajstić information content (AvgIpc) is 2.48. The van der Waals surface area contributed by atoms with Gasteiger partial charge in [-0.15, -0.1) is 0 Å². The molecule has 0 unspecified atom stereocenters. The minimum Gasteiger partial charge on any atom is -0.462 e. The Morgan fingerprint density at radius 3 is 2.57 bits per heavy atom. The molecule has 14 heavy (non-hydrogen) atoms. The number of nitrogens with one attached hydrogen (secondary N) is 1. The number of esters is 1. The molecule has 0 atom stereocenters. The van der Waals surface area contributed by atoms with Gasteiger partial charge in [-0.3, -0.25) is 4.79 Å². The predicted molar refractivity (Wildman–Crippen MR) is 51.5 cm³/mol. The van der Waals surface area contributed by atoms with E-state index < -0.39 is 5.97 Å². The Kier molecular flexibility index (Phi) is 3.06. The second-order valence-corrected chi connectivity index (χ2v) is 3.00. The number of aromatic nitrogens is 1. The van der Waals surface area contributed by atoms with Gasteiger partial charge in [0.2, 0.25) is 0 Å². The predicted octanol–water partition coefficient (Wildman–Crippen LogP) is 1.70. The summed E-state index contributed by atoms with van der Waals surface area (Å²) in [5, 5.41) is 0. The van der Waals surface area contributed by atoms with Gasteiger partial charge in [0, 0.05) is 12.6 Å². The number of ether oxygens (including phenoxy) is 1. The Hall–Kier alpha value is -1.58. The summed E-state index contributed by atoms with van der Waals surface area (Å²) in [5.41, 5.74) is 1.52. The van der Waals surface area contributed by atoms with Crippen LogP contribution in [0.15, 0.2) is 6.07 Å². The van der Waals surface area contributed by atoms with Crippen molar-refractivity contribution in [2.24, 2.45) is 0 Å². The molecular weight excluding hydrogens is 182 g/mol. The average molecular weight is 195 g/mol. The number of carbonyl (C=O) groups is 2. The maximum absolute atomic E-state index is 11.3. The van der Waals surface area contributed by atoms with E-state index in [2.05, 4.69) is 4.98 Å². The topological polar surface area (TPSA) is 59.2 Å². The van der Waals surface area contributed by atoms with E-state index in [1.165, 1.54) is 13.0 Å². The van der Waals surface area contributed by atoms with Gasteiger partial charge in [0.25, 0.3) is 0 Å². The number of Topliss-reactive ketones (excluding diaryl/α,β-unsaturated/α-hetero) is 1. The summed E-state index contributed by atoms with van der Waals surface area (Å²) in [6.07, 6.45) is 0. The third-order valence-electron chi connectivity index (χ3n) is 1.89. The van der Waals surface area contributed by atoms with Gasteiger partial charge in [-0.2, -0.15) is 0 Å². The molecule has 1 rings (SSSR count). The fourth-order valence-corrected chi connectivity index (χ4v) is 1.17.